The van der Waals surface area contributed by atoms with Gasteiger partial charge in [0.25, 0.3) is 5.91 Å². The zero-order chi connectivity index (χ0) is 17.2. The van der Waals surface area contributed by atoms with Crippen LogP contribution in [0.4, 0.5) is 0 Å². The molecule has 1 amide bonds. The number of imidazole rings is 1. The third-order valence-electron chi connectivity index (χ3n) is 4.59. The number of rotatable bonds is 4. The van der Waals surface area contributed by atoms with Gasteiger partial charge in [-0.15, -0.1) is 0 Å². The van der Waals surface area contributed by atoms with E-state index in [1.54, 1.807) is 25.7 Å². The average molecular weight is 337 g/mol. The van der Waals surface area contributed by atoms with Gasteiger partial charge in [0.2, 0.25) is 0 Å². The van der Waals surface area contributed by atoms with E-state index in [0.29, 0.717) is 12.2 Å². The van der Waals surface area contributed by atoms with Crippen LogP contribution < -0.4 is 4.74 Å². The summed E-state index contributed by atoms with van der Waals surface area (Å²) >= 11 is 0. The Labute approximate surface area is 145 Å². The summed E-state index contributed by atoms with van der Waals surface area (Å²) in [6.45, 7) is 1.42. The van der Waals surface area contributed by atoms with Crippen LogP contribution in [0.3, 0.4) is 0 Å². The fourth-order valence-electron chi connectivity index (χ4n) is 3.17. The van der Waals surface area contributed by atoms with Crippen LogP contribution in [-0.4, -0.2) is 50.8 Å². The third kappa shape index (κ3) is 3.00. The maximum atomic E-state index is 12.7. The number of nitrogens with one attached hydrogen (secondary N) is 1. The van der Waals surface area contributed by atoms with E-state index in [1.165, 1.54) is 0 Å². The fourth-order valence-corrected chi connectivity index (χ4v) is 3.17. The number of hydrogen-bond donors (Lipinski definition) is 1. The number of aromatic amines is 1. The molecule has 1 unspecified atom stereocenters. The van der Waals surface area contributed by atoms with Crippen LogP contribution in [-0.2, 0) is 0 Å². The molecule has 1 atom stereocenters. The van der Waals surface area contributed by atoms with Crippen molar-refractivity contribution in [1.29, 1.82) is 0 Å². The predicted molar refractivity (Wildman–Crippen MR) is 92.4 cm³/mol. The molecule has 1 saturated heterocycles. The van der Waals surface area contributed by atoms with E-state index in [2.05, 4.69) is 19.7 Å². The molecule has 128 valence electrons. The Hall–Kier alpha value is -3.09. The summed E-state index contributed by atoms with van der Waals surface area (Å²) in [5.41, 5.74) is 2.20. The predicted octanol–water partition coefficient (Wildman–Crippen LogP) is 2.37. The molecule has 1 aliphatic rings. The normalized spacial score (nSPS) is 17.0. The van der Waals surface area contributed by atoms with Crippen LogP contribution in [0.2, 0.25) is 0 Å². The van der Waals surface area contributed by atoms with Crippen molar-refractivity contribution in [2.75, 3.05) is 20.2 Å². The monoisotopic (exact) mass is 337 g/mol. The van der Waals surface area contributed by atoms with Crippen molar-refractivity contribution in [3.8, 4) is 17.0 Å². The van der Waals surface area contributed by atoms with E-state index in [1.807, 2.05) is 35.4 Å². The summed E-state index contributed by atoms with van der Waals surface area (Å²) in [5.74, 6) is 0.771. The van der Waals surface area contributed by atoms with E-state index in [0.717, 1.165) is 30.0 Å². The largest absolute Gasteiger partial charge is 0.497 e. The molecule has 1 N–H and O–H groups in total. The first-order chi connectivity index (χ1) is 12.2. The molecule has 0 aliphatic carbocycles. The molecule has 0 bridgehead atoms. The molecule has 3 heterocycles. The minimum absolute atomic E-state index is 0.0186. The maximum absolute atomic E-state index is 12.7. The quantitative estimate of drug-likeness (QED) is 0.793. The van der Waals surface area contributed by atoms with Crippen molar-refractivity contribution in [1.82, 2.24) is 24.6 Å². The number of amides is 1. The molecule has 4 rings (SSSR count). The van der Waals surface area contributed by atoms with Gasteiger partial charge in [0, 0.05) is 31.0 Å². The molecule has 25 heavy (non-hydrogen) atoms. The van der Waals surface area contributed by atoms with Gasteiger partial charge in [-0.3, -0.25) is 9.89 Å². The van der Waals surface area contributed by atoms with Gasteiger partial charge in [-0.25, -0.2) is 4.98 Å². The lowest BCUT2D eigenvalue weighted by molar-refractivity contribution is 0.0782. The molecular weight excluding hydrogens is 318 g/mol. The molecule has 0 saturated carbocycles. The molecule has 0 radical (unpaired) electrons. The van der Waals surface area contributed by atoms with Crippen molar-refractivity contribution >= 4 is 5.91 Å². The van der Waals surface area contributed by atoms with Gasteiger partial charge >= 0.3 is 0 Å². The molecule has 1 aromatic carbocycles. The molecule has 7 heteroatoms. The summed E-state index contributed by atoms with van der Waals surface area (Å²) in [5, 5.41) is 7.14. The SMILES string of the molecule is COc1ccc(-c2cc(C(=O)N3CCC(n4ccnc4)C3)[nH]n2)cc1. The second-order valence-electron chi connectivity index (χ2n) is 6.10. The van der Waals surface area contributed by atoms with Crippen LogP contribution >= 0.6 is 0 Å². The Morgan fingerprint density at radius 1 is 1.32 bits per heavy atom. The highest BCUT2D eigenvalue weighted by atomic mass is 16.5. The summed E-state index contributed by atoms with van der Waals surface area (Å²) in [4.78, 5) is 18.7. The lowest BCUT2D eigenvalue weighted by Crippen LogP contribution is -2.29. The lowest BCUT2D eigenvalue weighted by Gasteiger charge is -2.15. The Kier molecular flexibility index (Phi) is 3.97. The van der Waals surface area contributed by atoms with Crippen LogP contribution in [0, 0.1) is 0 Å². The zero-order valence-electron chi connectivity index (χ0n) is 13.9. The van der Waals surface area contributed by atoms with Crippen molar-refractivity contribution in [3.63, 3.8) is 0 Å². The van der Waals surface area contributed by atoms with Crippen LogP contribution in [0.15, 0.2) is 49.1 Å². The Morgan fingerprint density at radius 2 is 2.16 bits per heavy atom. The zero-order valence-corrected chi connectivity index (χ0v) is 13.9. The Balaban J connectivity index is 1.47. The van der Waals surface area contributed by atoms with Gasteiger partial charge in [-0.2, -0.15) is 5.10 Å². The number of H-pyrrole nitrogens is 1. The number of aromatic nitrogens is 4. The number of benzene rings is 1. The first-order valence-corrected chi connectivity index (χ1v) is 8.21. The standard InChI is InChI=1S/C18H19N5O2/c1-25-15-4-2-13(3-5-15)16-10-17(21-20-16)18(24)22-8-6-14(11-22)23-9-7-19-12-23/h2-5,7,9-10,12,14H,6,8,11H2,1H3,(H,20,21). The molecule has 2 aromatic heterocycles. The number of carbonyl (C=O) groups is 1. The summed E-state index contributed by atoms with van der Waals surface area (Å²) in [7, 11) is 1.63. The van der Waals surface area contributed by atoms with E-state index in [-0.39, 0.29) is 11.9 Å². The van der Waals surface area contributed by atoms with Crippen molar-refractivity contribution in [2.45, 2.75) is 12.5 Å². The summed E-state index contributed by atoms with van der Waals surface area (Å²) < 4.78 is 7.22. The maximum Gasteiger partial charge on any atom is 0.271 e. The summed E-state index contributed by atoms with van der Waals surface area (Å²) in [6.07, 6.45) is 6.44. The minimum Gasteiger partial charge on any atom is -0.497 e. The van der Waals surface area contributed by atoms with Crippen LogP contribution in [0.25, 0.3) is 11.3 Å². The number of likely N-dealkylation sites (tertiary alicyclic amines) is 1. The van der Waals surface area contributed by atoms with E-state index in [4.69, 9.17) is 4.74 Å². The molecule has 3 aromatic rings. The van der Waals surface area contributed by atoms with Gasteiger partial charge in [-0.1, -0.05) is 0 Å². The van der Waals surface area contributed by atoms with E-state index < -0.39 is 0 Å². The Morgan fingerprint density at radius 3 is 2.88 bits per heavy atom. The van der Waals surface area contributed by atoms with Crippen LogP contribution in [0.1, 0.15) is 23.0 Å². The van der Waals surface area contributed by atoms with Gasteiger partial charge in [0.05, 0.1) is 25.2 Å². The number of carbonyl (C=O) groups excluding carboxylic acids is 1. The second kappa shape index (κ2) is 6.43. The first kappa shape index (κ1) is 15.4. The Bertz CT molecular complexity index is 854. The minimum atomic E-state index is -0.0186. The molecule has 1 fully saturated rings. The second-order valence-corrected chi connectivity index (χ2v) is 6.10. The smallest absolute Gasteiger partial charge is 0.271 e. The molecular formula is C18H19N5O2. The topological polar surface area (TPSA) is 76.0 Å². The fraction of sp³-hybridized carbons (Fsp3) is 0.278. The van der Waals surface area contributed by atoms with Crippen molar-refractivity contribution in [3.05, 3.63) is 54.7 Å². The third-order valence-corrected chi connectivity index (χ3v) is 4.59. The number of ether oxygens (including phenoxy) is 1. The highest BCUT2D eigenvalue weighted by Gasteiger charge is 2.28. The number of nitrogens with zero attached hydrogens (tertiary/aromatic N) is 4. The van der Waals surface area contributed by atoms with Crippen molar-refractivity contribution in [2.24, 2.45) is 0 Å². The highest BCUT2D eigenvalue weighted by Crippen LogP contribution is 2.25. The first-order valence-electron chi connectivity index (χ1n) is 8.21. The molecule has 7 nitrogen and oxygen atoms in total. The number of methoxy groups -OCH3 is 1. The van der Waals surface area contributed by atoms with Crippen molar-refractivity contribution < 1.29 is 9.53 Å². The molecule has 0 spiro atoms. The van der Waals surface area contributed by atoms with Gasteiger partial charge < -0.3 is 14.2 Å². The van der Waals surface area contributed by atoms with Gasteiger partial charge in [0.1, 0.15) is 11.4 Å². The van der Waals surface area contributed by atoms with E-state index in [9.17, 15) is 4.79 Å². The lowest BCUT2D eigenvalue weighted by atomic mass is 10.1. The van der Waals surface area contributed by atoms with E-state index >= 15 is 0 Å². The highest BCUT2D eigenvalue weighted by molar-refractivity contribution is 5.93. The molecule has 1 aliphatic heterocycles. The summed E-state index contributed by atoms with van der Waals surface area (Å²) in [6, 6.07) is 9.69. The average Bonchev–Trinajstić information content (AvgIpc) is 3.42. The number of hydrogen-bond acceptors (Lipinski definition) is 4. The van der Waals surface area contributed by atoms with Gasteiger partial charge in [-0.05, 0) is 36.8 Å². The van der Waals surface area contributed by atoms with Crippen LogP contribution in [0.5, 0.6) is 5.75 Å². The van der Waals surface area contributed by atoms with Gasteiger partial charge in [0.15, 0.2) is 0 Å².